The van der Waals surface area contributed by atoms with Crippen molar-refractivity contribution in [1.29, 1.82) is 0 Å². The molecule has 20 heavy (non-hydrogen) atoms. The van der Waals surface area contributed by atoms with Gasteiger partial charge in [-0.1, -0.05) is 12.1 Å². The van der Waals surface area contributed by atoms with Gasteiger partial charge in [-0.15, -0.1) is 0 Å². The van der Waals surface area contributed by atoms with Gasteiger partial charge in [0.25, 0.3) is 0 Å². The molecule has 0 spiro atoms. The first-order valence-electron chi connectivity index (χ1n) is 6.18. The number of alkyl halides is 3. The fourth-order valence-corrected chi connectivity index (χ4v) is 1.84. The highest BCUT2D eigenvalue weighted by atomic mass is 19.4. The van der Waals surface area contributed by atoms with Gasteiger partial charge in [-0.3, -0.25) is 0 Å². The van der Waals surface area contributed by atoms with E-state index in [1.807, 2.05) is 0 Å². The number of urea groups is 1. The van der Waals surface area contributed by atoms with Crippen LogP contribution in [-0.2, 0) is 6.18 Å². The first-order valence-corrected chi connectivity index (χ1v) is 6.18. The van der Waals surface area contributed by atoms with Crippen LogP contribution in [0.2, 0.25) is 0 Å². The van der Waals surface area contributed by atoms with Crippen LogP contribution in [0.25, 0.3) is 0 Å². The van der Waals surface area contributed by atoms with Crippen LogP contribution in [0.4, 0.5) is 23.7 Å². The maximum atomic E-state index is 12.7. The van der Waals surface area contributed by atoms with Gasteiger partial charge >= 0.3 is 12.2 Å². The molecule has 4 nitrogen and oxygen atoms in total. The normalized spacial score (nSPS) is 16.6. The molecule has 1 aromatic rings. The summed E-state index contributed by atoms with van der Waals surface area (Å²) in [6, 6.07) is 4.08. The molecule has 1 aliphatic carbocycles. The van der Waals surface area contributed by atoms with Gasteiger partial charge in [-0.2, -0.15) is 13.2 Å². The van der Waals surface area contributed by atoms with Crippen molar-refractivity contribution in [3.63, 3.8) is 0 Å². The number of aliphatic hydroxyl groups excluding tert-OH is 1. The number of carbonyl (C=O) groups excluding carboxylic acids is 1. The number of aliphatic hydroxyl groups is 1. The third-order valence-electron chi connectivity index (χ3n) is 3.40. The molecule has 1 aliphatic rings. The molecule has 0 radical (unpaired) electrons. The van der Waals surface area contributed by atoms with E-state index in [1.54, 1.807) is 0 Å². The predicted octanol–water partition coefficient (Wildman–Crippen LogP) is 2.60. The molecule has 0 aliphatic heterocycles. The number of carbonyl (C=O) groups is 1. The summed E-state index contributed by atoms with van der Waals surface area (Å²) in [5.74, 6) is 0. The third-order valence-corrected chi connectivity index (χ3v) is 3.40. The van der Waals surface area contributed by atoms with Crippen molar-refractivity contribution in [2.75, 3.05) is 18.5 Å². The van der Waals surface area contributed by atoms with Crippen LogP contribution in [0, 0.1) is 5.41 Å². The lowest BCUT2D eigenvalue weighted by atomic mass is 10.1. The van der Waals surface area contributed by atoms with E-state index >= 15 is 0 Å². The molecule has 2 rings (SSSR count). The number of hydrogen-bond donors (Lipinski definition) is 3. The van der Waals surface area contributed by atoms with Crippen molar-refractivity contribution in [1.82, 2.24) is 5.32 Å². The standard InChI is InChI=1S/C13H15F3N2O2/c14-13(15,16)9-3-1-2-4-10(9)18-11(20)17-7-12(8-19)5-6-12/h1-4,19H,5-8H2,(H2,17,18,20). The monoisotopic (exact) mass is 288 g/mol. The Morgan fingerprint density at radius 2 is 1.95 bits per heavy atom. The summed E-state index contributed by atoms with van der Waals surface area (Å²) in [6.07, 6.45) is -2.90. The zero-order chi connectivity index (χ0) is 14.8. The number of benzene rings is 1. The number of para-hydroxylation sites is 1. The number of rotatable bonds is 4. The fraction of sp³-hybridized carbons (Fsp3) is 0.462. The molecular weight excluding hydrogens is 273 g/mol. The topological polar surface area (TPSA) is 61.4 Å². The summed E-state index contributed by atoms with van der Waals surface area (Å²) < 4.78 is 38.2. The predicted molar refractivity (Wildman–Crippen MR) is 67.2 cm³/mol. The van der Waals surface area contributed by atoms with Gasteiger partial charge in [0.1, 0.15) is 0 Å². The first-order chi connectivity index (χ1) is 9.36. The van der Waals surface area contributed by atoms with E-state index in [9.17, 15) is 18.0 Å². The summed E-state index contributed by atoms with van der Waals surface area (Å²) in [6.45, 7) is 0.218. The highest BCUT2D eigenvalue weighted by Crippen LogP contribution is 2.44. The van der Waals surface area contributed by atoms with Crippen LogP contribution >= 0.6 is 0 Å². The molecule has 3 N–H and O–H groups in total. The Bertz CT molecular complexity index is 499. The Morgan fingerprint density at radius 3 is 2.50 bits per heavy atom. The minimum Gasteiger partial charge on any atom is -0.396 e. The SMILES string of the molecule is O=C(NCC1(CO)CC1)Nc1ccccc1C(F)(F)F. The first kappa shape index (κ1) is 14.6. The average Bonchev–Trinajstić information content (AvgIpc) is 3.16. The summed E-state index contributed by atoms with van der Waals surface area (Å²) in [5.41, 5.74) is -1.47. The van der Waals surface area contributed by atoms with E-state index in [0.29, 0.717) is 0 Å². The van der Waals surface area contributed by atoms with Gasteiger partial charge in [0.05, 0.1) is 17.9 Å². The number of halogens is 3. The Kier molecular flexibility index (Phi) is 3.89. The van der Waals surface area contributed by atoms with Crippen LogP contribution in [-0.4, -0.2) is 24.3 Å². The van der Waals surface area contributed by atoms with Crippen LogP contribution in [0.5, 0.6) is 0 Å². The minimum atomic E-state index is -4.52. The van der Waals surface area contributed by atoms with Gasteiger partial charge in [0.15, 0.2) is 0 Å². The maximum Gasteiger partial charge on any atom is 0.418 e. The van der Waals surface area contributed by atoms with Crippen molar-refractivity contribution in [3.8, 4) is 0 Å². The van der Waals surface area contributed by atoms with E-state index in [4.69, 9.17) is 5.11 Å². The number of hydrogen-bond acceptors (Lipinski definition) is 2. The van der Waals surface area contributed by atoms with E-state index in [2.05, 4.69) is 10.6 Å². The van der Waals surface area contributed by atoms with Crippen LogP contribution in [0.1, 0.15) is 18.4 Å². The fourth-order valence-electron chi connectivity index (χ4n) is 1.84. The summed E-state index contributed by atoms with van der Waals surface area (Å²) in [7, 11) is 0. The van der Waals surface area contributed by atoms with E-state index < -0.39 is 17.8 Å². The van der Waals surface area contributed by atoms with Crippen molar-refractivity contribution >= 4 is 11.7 Å². The lowest BCUT2D eigenvalue weighted by molar-refractivity contribution is -0.136. The number of amides is 2. The number of nitrogens with one attached hydrogen (secondary N) is 2. The average molecular weight is 288 g/mol. The van der Waals surface area contributed by atoms with Crippen molar-refractivity contribution in [2.24, 2.45) is 5.41 Å². The Labute approximate surface area is 114 Å². The molecule has 1 fully saturated rings. The highest BCUT2D eigenvalue weighted by molar-refractivity contribution is 5.90. The minimum absolute atomic E-state index is 0.0353. The molecule has 0 heterocycles. The molecular formula is C13H15F3N2O2. The second-order valence-corrected chi connectivity index (χ2v) is 5.01. The molecule has 7 heteroatoms. The molecule has 0 saturated heterocycles. The van der Waals surface area contributed by atoms with E-state index in [-0.39, 0.29) is 24.3 Å². The van der Waals surface area contributed by atoms with Crippen LogP contribution in [0.3, 0.4) is 0 Å². The zero-order valence-corrected chi connectivity index (χ0v) is 10.6. The van der Waals surface area contributed by atoms with Crippen molar-refractivity contribution in [3.05, 3.63) is 29.8 Å². The Hall–Kier alpha value is -1.76. The highest BCUT2D eigenvalue weighted by Gasteiger charge is 2.42. The summed E-state index contributed by atoms with van der Waals surface area (Å²) >= 11 is 0. The lowest BCUT2D eigenvalue weighted by Crippen LogP contribution is -2.35. The quantitative estimate of drug-likeness (QED) is 0.797. The molecule has 110 valence electrons. The second-order valence-electron chi connectivity index (χ2n) is 5.01. The molecule has 2 amide bonds. The van der Waals surface area contributed by atoms with Crippen molar-refractivity contribution in [2.45, 2.75) is 19.0 Å². The molecule has 1 aromatic carbocycles. The van der Waals surface area contributed by atoms with Crippen LogP contribution in [0.15, 0.2) is 24.3 Å². The zero-order valence-electron chi connectivity index (χ0n) is 10.6. The van der Waals surface area contributed by atoms with Crippen LogP contribution < -0.4 is 10.6 Å². The summed E-state index contributed by atoms with van der Waals surface area (Å²) in [5, 5.41) is 13.8. The van der Waals surface area contributed by atoms with E-state index in [1.165, 1.54) is 18.2 Å². The Balaban J connectivity index is 1.98. The Morgan fingerprint density at radius 1 is 1.30 bits per heavy atom. The molecule has 1 saturated carbocycles. The number of anilines is 1. The summed E-state index contributed by atoms with van der Waals surface area (Å²) in [4.78, 5) is 11.6. The third kappa shape index (κ3) is 3.41. The second kappa shape index (κ2) is 5.32. The van der Waals surface area contributed by atoms with Crippen molar-refractivity contribution < 1.29 is 23.1 Å². The lowest BCUT2D eigenvalue weighted by Gasteiger charge is -2.16. The van der Waals surface area contributed by atoms with Gasteiger partial charge in [0.2, 0.25) is 0 Å². The van der Waals surface area contributed by atoms with Gasteiger partial charge in [0, 0.05) is 12.0 Å². The molecule has 0 bridgehead atoms. The van der Waals surface area contributed by atoms with Gasteiger partial charge in [-0.05, 0) is 25.0 Å². The molecule has 0 atom stereocenters. The van der Waals surface area contributed by atoms with E-state index in [0.717, 1.165) is 18.9 Å². The molecule has 0 aromatic heterocycles. The van der Waals surface area contributed by atoms with Gasteiger partial charge in [-0.25, -0.2) is 4.79 Å². The largest absolute Gasteiger partial charge is 0.418 e. The van der Waals surface area contributed by atoms with Gasteiger partial charge < -0.3 is 15.7 Å². The maximum absolute atomic E-state index is 12.7. The molecule has 0 unspecified atom stereocenters. The smallest absolute Gasteiger partial charge is 0.396 e.